The predicted molar refractivity (Wildman–Crippen MR) is 89.8 cm³/mol. The third kappa shape index (κ3) is 3.74. The summed E-state index contributed by atoms with van der Waals surface area (Å²) in [6.45, 7) is 2.93. The minimum Gasteiger partial charge on any atom is -0.359 e. The number of carbonyl (C=O) groups excluding carboxylic acids is 2. The van der Waals surface area contributed by atoms with Gasteiger partial charge in [0, 0.05) is 25.9 Å². The van der Waals surface area contributed by atoms with Gasteiger partial charge in [0.1, 0.15) is 0 Å². The van der Waals surface area contributed by atoms with Crippen LogP contribution in [0.4, 0.5) is 0 Å². The fourth-order valence-electron chi connectivity index (χ4n) is 3.47. The van der Waals surface area contributed by atoms with Crippen molar-refractivity contribution in [2.75, 3.05) is 13.6 Å². The van der Waals surface area contributed by atoms with Gasteiger partial charge in [0.05, 0.1) is 6.04 Å². The van der Waals surface area contributed by atoms with Crippen LogP contribution in [0.25, 0.3) is 0 Å². The van der Waals surface area contributed by atoms with Gasteiger partial charge in [0.15, 0.2) is 0 Å². The first-order valence-electron chi connectivity index (χ1n) is 8.66. The molecular weight excluding hydrogens is 288 g/mol. The molecule has 1 aromatic rings. The Bertz CT molecular complexity index is 578. The molecule has 1 aromatic carbocycles. The lowest BCUT2D eigenvalue weighted by Crippen LogP contribution is -2.45. The minimum atomic E-state index is -0.157. The summed E-state index contributed by atoms with van der Waals surface area (Å²) in [4.78, 5) is 26.7. The fraction of sp³-hybridized carbons (Fsp3) is 0.579. The van der Waals surface area contributed by atoms with Crippen molar-refractivity contribution in [2.24, 2.45) is 11.8 Å². The highest BCUT2D eigenvalue weighted by Crippen LogP contribution is 2.39. The van der Waals surface area contributed by atoms with Crippen LogP contribution < -0.4 is 5.32 Å². The maximum absolute atomic E-state index is 12.9. The molecule has 0 bridgehead atoms. The Hall–Kier alpha value is -1.84. The van der Waals surface area contributed by atoms with E-state index in [9.17, 15) is 9.59 Å². The van der Waals surface area contributed by atoms with Crippen molar-refractivity contribution in [1.29, 1.82) is 0 Å². The summed E-state index contributed by atoms with van der Waals surface area (Å²) in [6, 6.07) is 8.69. The van der Waals surface area contributed by atoms with E-state index in [1.54, 1.807) is 7.05 Å². The van der Waals surface area contributed by atoms with Crippen molar-refractivity contribution < 1.29 is 9.59 Å². The Kier molecular flexibility index (Phi) is 4.69. The normalized spacial score (nSPS) is 24.6. The first-order chi connectivity index (χ1) is 11.1. The molecule has 1 aliphatic heterocycles. The number of hydrogen-bond donors (Lipinski definition) is 1. The highest BCUT2D eigenvalue weighted by Gasteiger charge is 2.39. The van der Waals surface area contributed by atoms with Crippen molar-refractivity contribution in [3.05, 3.63) is 35.4 Å². The summed E-state index contributed by atoms with van der Waals surface area (Å²) in [5.74, 6) is 0.627. The standard InChI is InChI=1S/C19H26N2O2/c1-13-3-7-15(8-4-13)17-10-9-16(11-18(22)20-2)19(23)21(17)12-14-5-6-14/h3-4,7-8,14,16-17H,5-6,9-12H2,1-2H3,(H,20,22). The van der Waals surface area contributed by atoms with Gasteiger partial charge < -0.3 is 10.2 Å². The lowest BCUT2D eigenvalue weighted by molar-refractivity contribution is -0.144. The molecule has 2 fully saturated rings. The van der Waals surface area contributed by atoms with Crippen molar-refractivity contribution in [1.82, 2.24) is 10.2 Å². The molecule has 1 heterocycles. The first-order valence-corrected chi connectivity index (χ1v) is 8.66. The van der Waals surface area contributed by atoms with E-state index in [-0.39, 0.29) is 23.8 Å². The van der Waals surface area contributed by atoms with Crippen molar-refractivity contribution in [2.45, 2.75) is 45.1 Å². The van der Waals surface area contributed by atoms with Crippen molar-refractivity contribution in [3.63, 3.8) is 0 Å². The SMILES string of the molecule is CNC(=O)CC1CCC(c2ccc(C)cc2)N(CC2CC2)C1=O. The maximum atomic E-state index is 12.9. The third-order valence-electron chi connectivity index (χ3n) is 5.12. The van der Waals surface area contributed by atoms with Gasteiger partial charge in [0.2, 0.25) is 11.8 Å². The smallest absolute Gasteiger partial charge is 0.226 e. The average molecular weight is 314 g/mol. The number of hydrogen-bond acceptors (Lipinski definition) is 2. The molecule has 2 aliphatic rings. The second-order valence-corrected chi connectivity index (χ2v) is 7.01. The summed E-state index contributed by atoms with van der Waals surface area (Å²) >= 11 is 0. The summed E-state index contributed by atoms with van der Waals surface area (Å²) in [5.41, 5.74) is 2.46. The van der Waals surface area contributed by atoms with Gasteiger partial charge in [-0.2, -0.15) is 0 Å². The van der Waals surface area contributed by atoms with E-state index < -0.39 is 0 Å². The Morgan fingerprint density at radius 1 is 1.17 bits per heavy atom. The highest BCUT2D eigenvalue weighted by molar-refractivity contribution is 5.86. The molecular formula is C19H26N2O2. The summed E-state index contributed by atoms with van der Waals surface area (Å²) in [5, 5.41) is 2.64. The monoisotopic (exact) mass is 314 g/mol. The van der Waals surface area contributed by atoms with Crippen LogP contribution in [0.3, 0.4) is 0 Å². The second-order valence-electron chi connectivity index (χ2n) is 7.01. The van der Waals surface area contributed by atoms with Gasteiger partial charge in [-0.25, -0.2) is 0 Å². The first kappa shape index (κ1) is 16.0. The molecule has 1 saturated carbocycles. The topological polar surface area (TPSA) is 49.4 Å². The fourth-order valence-corrected chi connectivity index (χ4v) is 3.47. The zero-order valence-corrected chi connectivity index (χ0v) is 14.0. The van der Waals surface area contributed by atoms with Gasteiger partial charge in [0.25, 0.3) is 0 Å². The van der Waals surface area contributed by atoms with Gasteiger partial charge in [-0.3, -0.25) is 9.59 Å². The number of aryl methyl sites for hydroxylation is 1. The minimum absolute atomic E-state index is 0.0384. The predicted octanol–water partition coefficient (Wildman–Crippen LogP) is 2.82. The van der Waals surface area contributed by atoms with E-state index in [1.165, 1.54) is 24.0 Å². The third-order valence-corrected chi connectivity index (χ3v) is 5.12. The highest BCUT2D eigenvalue weighted by atomic mass is 16.2. The van der Waals surface area contributed by atoms with E-state index in [0.717, 1.165) is 19.4 Å². The van der Waals surface area contributed by atoms with Crippen molar-refractivity contribution >= 4 is 11.8 Å². The number of rotatable bonds is 5. The number of nitrogens with one attached hydrogen (secondary N) is 1. The molecule has 2 unspecified atom stereocenters. The zero-order chi connectivity index (χ0) is 16.4. The van der Waals surface area contributed by atoms with Crippen LogP contribution in [0.1, 0.15) is 49.3 Å². The number of likely N-dealkylation sites (tertiary alicyclic amines) is 1. The summed E-state index contributed by atoms with van der Waals surface area (Å²) < 4.78 is 0. The van der Waals surface area contributed by atoms with E-state index in [2.05, 4.69) is 41.4 Å². The van der Waals surface area contributed by atoms with Gasteiger partial charge in [-0.1, -0.05) is 29.8 Å². The van der Waals surface area contributed by atoms with Gasteiger partial charge in [-0.05, 0) is 44.1 Å². The van der Waals surface area contributed by atoms with E-state index >= 15 is 0 Å². The molecule has 124 valence electrons. The lowest BCUT2D eigenvalue weighted by Gasteiger charge is -2.40. The van der Waals surface area contributed by atoms with Crippen LogP contribution in [-0.2, 0) is 9.59 Å². The molecule has 4 heteroatoms. The van der Waals surface area contributed by atoms with Gasteiger partial charge >= 0.3 is 0 Å². The Labute approximate surface area is 138 Å². The molecule has 2 amide bonds. The number of nitrogens with zero attached hydrogens (tertiary/aromatic N) is 1. The summed E-state index contributed by atoms with van der Waals surface area (Å²) in [6.07, 6.45) is 4.52. The largest absolute Gasteiger partial charge is 0.359 e. The Morgan fingerprint density at radius 3 is 2.48 bits per heavy atom. The molecule has 1 aliphatic carbocycles. The van der Waals surface area contributed by atoms with Crippen LogP contribution in [0.15, 0.2) is 24.3 Å². The number of benzene rings is 1. The van der Waals surface area contributed by atoms with E-state index in [0.29, 0.717) is 12.3 Å². The molecule has 23 heavy (non-hydrogen) atoms. The van der Waals surface area contributed by atoms with Crippen molar-refractivity contribution in [3.8, 4) is 0 Å². The van der Waals surface area contributed by atoms with E-state index in [1.807, 2.05) is 0 Å². The molecule has 0 spiro atoms. The number of carbonyl (C=O) groups is 2. The van der Waals surface area contributed by atoms with Crippen LogP contribution >= 0.6 is 0 Å². The summed E-state index contributed by atoms with van der Waals surface area (Å²) in [7, 11) is 1.63. The number of amides is 2. The van der Waals surface area contributed by atoms with Crippen LogP contribution in [-0.4, -0.2) is 30.3 Å². The van der Waals surface area contributed by atoms with E-state index in [4.69, 9.17) is 0 Å². The second kappa shape index (κ2) is 6.73. The van der Waals surface area contributed by atoms with Gasteiger partial charge in [-0.15, -0.1) is 0 Å². The molecule has 1 N–H and O–H groups in total. The average Bonchev–Trinajstić information content (AvgIpc) is 3.36. The molecule has 3 rings (SSSR count). The molecule has 4 nitrogen and oxygen atoms in total. The maximum Gasteiger partial charge on any atom is 0.226 e. The quantitative estimate of drug-likeness (QED) is 0.908. The Morgan fingerprint density at radius 2 is 1.87 bits per heavy atom. The molecule has 2 atom stereocenters. The number of piperidine rings is 1. The Balaban J connectivity index is 1.78. The molecule has 0 radical (unpaired) electrons. The molecule has 1 saturated heterocycles. The molecule has 0 aromatic heterocycles. The zero-order valence-electron chi connectivity index (χ0n) is 14.0. The van der Waals surface area contributed by atoms with Crippen LogP contribution in [0, 0.1) is 18.8 Å². The van der Waals surface area contributed by atoms with Crippen LogP contribution in [0.5, 0.6) is 0 Å². The van der Waals surface area contributed by atoms with Crippen LogP contribution in [0.2, 0.25) is 0 Å². The lowest BCUT2D eigenvalue weighted by atomic mass is 9.86.